The highest BCUT2D eigenvalue weighted by molar-refractivity contribution is 5.46. The molecule has 0 saturated carbocycles. The summed E-state index contributed by atoms with van der Waals surface area (Å²) in [7, 11) is 1.83. The zero-order valence-corrected chi connectivity index (χ0v) is 5.96. The number of nitrogens with one attached hydrogen (secondary N) is 1. The molecule has 0 amide bonds. The zero-order chi connectivity index (χ0) is 7.23. The molecule has 0 aliphatic heterocycles. The third-order valence-electron chi connectivity index (χ3n) is 1.18. The van der Waals surface area contributed by atoms with Crippen LogP contribution in [0.3, 0.4) is 0 Å². The fraction of sp³-hybridized carbons (Fsp3) is 0.111. The van der Waals surface area contributed by atoms with Gasteiger partial charge in [-0.1, -0.05) is 30.3 Å². The minimum Gasteiger partial charge on any atom is -0.386 e. The standard InChI is InChI=1S/C9H10N/c1-10-8-7-9-5-3-2-4-6-9/h2-7,10H,1H3. The minimum atomic E-state index is 1.16. The molecule has 51 valence electrons. The lowest BCUT2D eigenvalue weighted by Gasteiger charge is -1.88. The van der Waals surface area contributed by atoms with Crippen LogP contribution in [0.25, 0.3) is 6.08 Å². The molecule has 0 atom stereocenters. The molecule has 1 rings (SSSR count). The number of hydrogen-bond donors (Lipinski definition) is 1. The van der Waals surface area contributed by atoms with E-state index in [-0.39, 0.29) is 0 Å². The average molecular weight is 132 g/mol. The predicted molar refractivity (Wildman–Crippen MR) is 43.2 cm³/mol. The molecule has 0 bridgehead atoms. The van der Waals surface area contributed by atoms with Crippen LogP contribution in [-0.2, 0) is 0 Å². The van der Waals surface area contributed by atoms with E-state index in [0.29, 0.717) is 0 Å². The van der Waals surface area contributed by atoms with Gasteiger partial charge in [0.25, 0.3) is 0 Å². The van der Waals surface area contributed by atoms with Gasteiger partial charge in [0.1, 0.15) is 0 Å². The van der Waals surface area contributed by atoms with Gasteiger partial charge >= 0.3 is 0 Å². The van der Waals surface area contributed by atoms with Gasteiger partial charge in [0.05, 0.1) is 6.20 Å². The molecule has 0 aromatic heterocycles. The molecule has 1 heteroatoms. The lowest BCUT2D eigenvalue weighted by molar-refractivity contribution is 1.07. The van der Waals surface area contributed by atoms with Gasteiger partial charge in [-0.3, -0.25) is 0 Å². The second-order valence-corrected chi connectivity index (χ2v) is 1.95. The summed E-state index contributed by atoms with van der Waals surface area (Å²) < 4.78 is 0. The summed E-state index contributed by atoms with van der Waals surface area (Å²) in [6, 6.07) is 10.1. The third-order valence-corrected chi connectivity index (χ3v) is 1.18. The van der Waals surface area contributed by atoms with Gasteiger partial charge in [-0.25, -0.2) is 0 Å². The summed E-state index contributed by atoms with van der Waals surface area (Å²) in [5.74, 6) is 0. The number of rotatable bonds is 2. The Hall–Kier alpha value is -1.24. The van der Waals surface area contributed by atoms with E-state index in [0.717, 1.165) is 5.56 Å². The Labute approximate surface area is 61.4 Å². The minimum absolute atomic E-state index is 1.16. The Morgan fingerprint density at radius 2 is 2.00 bits per heavy atom. The van der Waals surface area contributed by atoms with Gasteiger partial charge in [0, 0.05) is 7.05 Å². The van der Waals surface area contributed by atoms with Crippen molar-refractivity contribution in [2.24, 2.45) is 0 Å². The molecule has 0 saturated heterocycles. The van der Waals surface area contributed by atoms with E-state index in [1.807, 2.05) is 43.5 Å². The molecule has 1 N–H and O–H groups in total. The molecule has 1 nitrogen and oxygen atoms in total. The second-order valence-electron chi connectivity index (χ2n) is 1.95. The molecule has 0 aliphatic rings. The maximum Gasteiger partial charge on any atom is 0.0579 e. The summed E-state index contributed by atoms with van der Waals surface area (Å²) in [4.78, 5) is 0. The van der Waals surface area contributed by atoms with Crippen molar-refractivity contribution in [3.8, 4) is 0 Å². The van der Waals surface area contributed by atoms with Gasteiger partial charge in [0.15, 0.2) is 0 Å². The zero-order valence-electron chi connectivity index (χ0n) is 5.96. The summed E-state index contributed by atoms with van der Waals surface area (Å²) in [6.07, 6.45) is 4.79. The lowest BCUT2D eigenvalue weighted by Crippen LogP contribution is -1.91. The monoisotopic (exact) mass is 132 g/mol. The first-order valence-electron chi connectivity index (χ1n) is 3.24. The van der Waals surface area contributed by atoms with E-state index < -0.39 is 0 Å². The molecule has 0 unspecified atom stereocenters. The van der Waals surface area contributed by atoms with Crippen molar-refractivity contribution < 1.29 is 0 Å². The maximum absolute atomic E-state index is 2.89. The lowest BCUT2D eigenvalue weighted by atomic mass is 10.2. The van der Waals surface area contributed by atoms with Crippen LogP contribution < -0.4 is 5.32 Å². The Kier molecular flexibility index (Phi) is 2.56. The van der Waals surface area contributed by atoms with Gasteiger partial charge in [0.2, 0.25) is 0 Å². The third kappa shape index (κ3) is 1.94. The Bertz CT molecular complexity index is 201. The highest BCUT2D eigenvalue weighted by atomic mass is 14.8. The van der Waals surface area contributed by atoms with Gasteiger partial charge in [-0.05, 0) is 11.6 Å². The van der Waals surface area contributed by atoms with Crippen LogP contribution in [0.1, 0.15) is 5.56 Å². The molecule has 0 aliphatic carbocycles. The van der Waals surface area contributed by atoms with Crippen molar-refractivity contribution in [2.75, 3.05) is 7.05 Å². The number of hydrogen-bond acceptors (Lipinski definition) is 1. The number of benzene rings is 1. The van der Waals surface area contributed by atoms with Crippen molar-refractivity contribution >= 4 is 6.08 Å². The van der Waals surface area contributed by atoms with E-state index in [2.05, 4.69) is 11.5 Å². The maximum atomic E-state index is 2.89. The van der Waals surface area contributed by atoms with E-state index in [9.17, 15) is 0 Å². The highest BCUT2D eigenvalue weighted by Crippen LogP contribution is 1.98. The van der Waals surface area contributed by atoms with Crippen molar-refractivity contribution in [2.45, 2.75) is 0 Å². The highest BCUT2D eigenvalue weighted by Gasteiger charge is 1.79. The van der Waals surface area contributed by atoms with Crippen molar-refractivity contribution in [1.82, 2.24) is 5.32 Å². The van der Waals surface area contributed by atoms with Crippen molar-refractivity contribution in [1.29, 1.82) is 0 Å². The van der Waals surface area contributed by atoms with Crippen LogP contribution in [0.2, 0.25) is 0 Å². The Balaban J connectivity index is 2.67. The molecule has 0 spiro atoms. The molecular formula is C9H10N. The van der Waals surface area contributed by atoms with Crippen LogP contribution in [0.4, 0.5) is 0 Å². The summed E-state index contributed by atoms with van der Waals surface area (Å²) in [5, 5.41) is 2.81. The van der Waals surface area contributed by atoms with E-state index in [1.54, 1.807) is 0 Å². The average Bonchev–Trinajstić information content (AvgIpc) is 2.03. The SMILES string of the molecule is CN/[C]=C/c1ccccc1. The van der Waals surface area contributed by atoms with Crippen molar-refractivity contribution in [3.05, 3.63) is 42.1 Å². The molecule has 10 heavy (non-hydrogen) atoms. The topological polar surface area (TPSA) is 12.0 Å². The first kappa shape index (κ1) is 6.87. The molecule has 1 radical (unpaired) electrons. The fourth-order valence-corrected chi connectivity index (χ4v) is 0.705. The fourth-order valence-electron chi connectivity index (χ4n) is 0.705. The molecule has 0 heterocycles. The van der Waals surface area contributed by atoms with Crippen LogP contribution in [0, 0.1) is 6.20 Å². The summed E-state index contributed by atoms with van der Waals surface area (Å²) in [5.41, 5.74) is 1.16. The van der Waals surface area contributed by atoms with Crippen LogP contribution >= 0.6 is 0 Å². The second kappa shape index (κ2) is 3.72. The first-order valence-corrected chi connectivity index (χ1v) is 3.24. The van der Waals surface area contributed by atoms with Gasteiger partial charge in [-0.15, -0.1) is 0 Å². The van der Waals surface area contributed by atoms with Crippen LogP contribution in [0.5, 0.6) is 0 Å². The quantitative estimate of drug-likeness (QED) is 0.604. The van der Waals surface area contributed by atoms with Crippen LogP contribution in [-0.4, -0.2) is 7.05 Å². The van der Waals surface area contributed by atoms with Gasteiger partial charge < -0.3 is 5.32 Å². The molecule has 1 aromatic rings. The van der Waals surface area contributed by atoms with E-state index >= 15 is 0 Å². The summed E-state index contributed by atoms with van der Waals surface area (Å²) in [6.45, 7) is 0. The van der Waals surface area contributed by atoms with Gasteiger partial charge in [-0.2, -0.15) is 0 Å². The van der Waals surface area contributed by atoms with E-state index in [4.69, 9.17) is 0 Å². The Morgan fingerprint density at radius 1 is 1.30 bits per heavy atom. The molecular weight excluding hydrogens is 122 g/mol. The molecule has 1 aromatic carbocycles. The first-order chi connectivity index (χ1) is 4.93. The smallest absolute Gasteiger partial charge is 0.0579 e. The predicted octanol–water partition coefficient (Wildman–Crippen LogP) is 1.68. The van der Waals surface area contributed by atoms with E-state index in [1.165, 1.54) is 0 Å². The van der Waals surface area contributed by atoms with Crippen LogP contribution in [0.15, 0.2) is 30.3 Å². The molecule has 0 fully saturated rings. The largest absolute Gasteiger partial charge is 0.386 e. The normalized spacial score (nSPS) is 10.1. The van der Waals surface area contributed by atoms with Crippen molar-refractivity contribution in [3.63, 3.8) is 0 Å². The Morgan fingerprint density at radius 3 is 2.60 bits per heavy atom. The summed E-state index contributed by atoms with van der Waals surface area (Å²) >= 11 is 0.